The Balaban J connectivity index is 1.52. The van der Waals surface area contributed by atoms with E-state index >= 15 is 0 Å². The van der Waals surface area contributed by atoms with Crippen molar-refractivity contribution in [2.45, 2.75) is 0 Å². The molecule has 3 aromatic carbocycles. The second kappa shape index (κ2) is 11.5. The number of rotatable bonds is 7. The van der Waals surface area contributed by atoms with Gasteiger partial charge in [0.25, 0.3) is 11.8 Å². The molecule has 0 aromatic heterocycles. The minimum Gasteiger partial charge on any atom is -0.493 e. The lowest BCUT2D eigenvalue weighted by Crippen LogP contribution is -2.27. The minimum absolute atomic E-state index is 0.211. The van der Waals surface area contributed by atoms with Gasteiger partial charge in [0.15, 0.2) is 22.4 Å². The van der Waals surface area contributed by atoms with E-state index in [9.17, 15) is 9.59 Å². The fourth-order valence-electron chi connectivity index (χ4n) is 3.29. The first-order valence-corrected chi connectivity index (χ1v) is 12.7. The van der Waals surface area contributed by atoms with Crippen LogP contribution in [0.1, 0.15) is 5.56 Å². The van der Waals surface area contributed by atoms with E-state index < -0.39 is 0 Å². The number of hydrogen-bond acceptors (Lipinski definition) is 6. The van der Waals surface area contributed by atoms with Crippen molar-refractivity contribution in [3.8, 4) is 11.5 Å². The quantitative estimate of drug-likeness (QED) is 0.238. The lowest BCUT2D eigenvalue weighted by Gasteiger charge is -2.15. The van der Waals surface area contributed by atoms with Crippen molar-refractivity contribution >= 4 is 92.4 Å². The van der Waals surface area contributed by atoms with Gasteiger partial charge in [0, 0.05) is 5.69 Å². The number of amides is 2. The average Bonchev–Trinajstić information content (AvgIpc) is 3.13. The van der Waals surface area contributed by atoms with Crippen LogP contribution in [0.3, 0.4) is 0 Å². The molecule has 0 saturated carbocycles. The maximum Gasteiger partial charge on any atom is 0.270 e. The SMILES string of the molecule is COc1cc(/C=C2\SC(=S)N(c3ccc(Cl)c(Cl)c3)C2=O)cc(Cl)c1OCC(=O)Nc1ccccc1. The molecule has 0 unspecified atom stereocenters. The summed E-state index contributed by atoms with van der Waals surface area (Å²) in [6.07, 6.45) is 1.65. The minimum atomic E-state index is -0.352. The second-order valence-corrected chi connectivity index (χ2v) is 10.2. The first-order valence-electron chi connectivity index (χ1n) is 10.3. The Morgan fingerprint density at radius 2 is 1.81 bits per heavy atom. The van der Waals surface area contributed by atoms with Gasteiger partial charge in [-0.15, -0.1) is 0 Å². The molecule has 1 heterocycles. The summed E-state index contributed by atoms with van der Waals surface area (Å²) < 4.78 is 11.4. The molecule has 184 valence electrons. The van der Waals surface area contributed by atoms with E-state index in [4.69, 9.17) is 56.5 Å². The van der Waals surface area contributed by atoms with Crippen molar-refractivity contribution in [2.24, 2.45) is 0 Å². The molecular formula is C25H17Cl3N2O4S2. The first kappa shape index (κ1) is 26.3. The van der Waals surface area contributed by atoms with Crippen molar-refractivity contribution in [1.82, 2.24) is 0 Å². The molecule has 0 atom stereocenters. The van der Waals surface area contributed by atoms with E-state index in [2.05, 4.69) is 5.32 Å². The van der Waals surface area contributed by atoms with Crippen molar-refractivity contribution in [3.63, 3.8) is 0 Å². The van der Waals surface area contributed by atoms with Gasteiger partial charge in [-0.25, -0.2) is 0 Å². The number of carbonyl (C=O) groups is 2. The number of ether oxygens (including phenoxy) is 2. The largest absolute Gasteiger partial charge is 0.493 e. The maximum absolute atomic E-state index is 13.1. The van der Waals surface area contributed by atoms with Gasteiger partial charge in [0.2, 0.25) is 0 Å². The zero-order valence-corrected chi connectivity index (χ0v) is 22.5. The van der Waals surface area contributed by atoms with E-state index in [1.54, 1.807) is 48.5 Å². The van der Waals surface area contributed by atoms with Crippen molar-refractivity contribution in [1.29, 1.82) is 0 Å². The Labute approximate surface area is 232 Å². The van der Waals surface area contributed by atoms with Crippen molar-refractivity contribution in [2.75, 3.05) is 23.9 Å². The number of thiocarbonyl (C=S) groups is 1. The molecule has 0 radical (unpaired) electrons. The van der Waals surface area contributed by atoms with Gasteiger partial charge in [-0.1, -0.05) is 77.0 Å². The summed E-state index contributed by atoms with van der Waals surface area (Å²) in [7, 11) is 1.45. The van der Waals surface area contributed by atoms with Crippen LogP contribution < -0.4 is 19.7 Å². The summed E-state index contributed by atoms with van der Waals surface area (Å²) >= 11 is 25.1. The molecular weight excluding hydrogens is 563 g/mol. The lowest BCUT2D eigenvalue weighted by atomic mass is 10.1. The molecule has 1 aliphatic heterocycles. The standard InChI is InChI=1S/C25H17Cl3N2O4S2/c1-33-20-10-14(9-19(28)23(20)34-13-22(31)29-15-5-3-2-4-6-15)11-21-24(32)30(25(35)36-21)16-7-8-17(26)18(27)12-16/h2-12H,13H2,1H3,(H,29,31)/b21-11-. The van der Waals surface area contributed by atoms with Crippen molar-refractivity contribution < 1.29 is 19.1 Å². The lowest BCUT2D eigenvalue weighted by molar-refractivity contribution is -0.118. The number of anilines is 2. The Morgan fingerprint density at radius 1 is 1.06 bits per heavy atom. The predicted molar refractivity (Wildman–Crippen MR) is 151 cm³/mol. The first-order chi connectivity index (χ1) is 17.3. The third-order valence-electron chi connectivity index (χ3n) is 4.91. The summed E-state index contributed by atoms with van der Waals surface area (Å²) in [5.74, 6) is -0.144. The molecule has 1 fully saturated rings. The highest BCUT2D eigenvalue weighted by Crippen LogP contribution is 2.40. The third-order valence-corrected chi connectivity index (χ3v) is 7.23. The van der Waals surface area contributed by atoms with Crippen LogP contribution in [0.25, 0.3) is 6.08 Å². The molecule has 0 bridgehead atoms. The summed E-state index contributed by atoms with van der Waals surface area (Å²) in [6.45, 7) is -0.271. The number of hydrogen-bond donors (Lipinski definition) is 1. The van der Waals surface area contributed by atoms with Crippen LogP contribution in [0.15, 0.2) is 65.6 Å². The van der Waals surface area contributed by atoms with Crippen LogP contribution in [0.4, 0.5) is 11.4 Å². The number of nitrogens with zero attached hydrogens (tertiary/aromatic N) is 1. The molecule has 2 amide bonds. The number of para-hydroxylation sites is 1. The molecule has 1 saturated heterocycles. The van der Waals surface area contributed by atoms with E-state index in [1.165, 1.54) is 12.0 Å². The molecule has 1 N–H and O–H groups in total. The van der Waals surface area contributed by atoms with Crippen LogP contribution in [-0.2, 0) is 9.59 Å². The summed E-state index contributed by atoms with van der Waals surface area (Å²) in [4.78, 5) is 27.1. The number of methoxy groups -OCH3 is 1. The summed E-state index contributed by atoms with van der Waals surface area (Å²) in [6, 6.07) is 17.1. The maximum atomic E-state index is 13.1. The van der Waals surface area contributed by atoms with Crippen LogP contribution >= 0.6 is 58.8 Å². The highest BCUT2D eigenvalue weighted by molar-refractivity contribution is 8.27. The van der Waals surface area contributed by atoms with Gasteiger partial charge in [0.05, 0.1) is 32.8 Å². The van der Waals surface area contributed by atoms with Crippen LogP contribution in [0.5, 0.6) is 11.5 Å². The van der Waals surface area contributed by atoms with Crippen molar-refractivity contribution in [3.05, 3.63) is 86.2 Å². The van der Waals surface area contributed by atoms with Crippen LogP contribution in [0, 0.1) is 0 Å². The number of benzene rings is 3. The normalized spacial score (nSPS) is 14.3. The van der Waals surface area contributed by atoms with Gasteiger partial charge >= 0.3 is 0 Å². The highest BCUT2D eigenvalue weighted by atomic mass is 35.5. The number of halogens is 3. The van der Waals surface area contributed by atoms with Gasteiger partial charge in [-0.2, -0.15) is 0 Å². The fourth-order valence-corrected chi connectivity index (χ4v) is 5.15. The zero-order valence-electron chi connectivity index (χ0n) is 18.6. The Morgan fingerprint density at radius 3 is 2.50 bits per heavy atom. The zero-order chi connectivity index (χ0) is 25.8. The van der Waals surface area contributed by atoms with Crippen LogP contribution in [0.2, 0.25) is 15.1 Å². The molecule has 36 heavy (non-hydrogen) atoms. The van der Waals surface area contributed by atoms with Gasteiger partial charge < -0.3 is 14.8 Å². The third kappa shape index (κ3) is 5.96. The van der Waals surface area contributed by atoms with Gasteiger partial charge in [-0.3, -0.25) is 14.5 Å². The van der Waals surface area contributed by atoms with E-state index in [1.807, 2.05) is 18.2 Å². The van der Waals surface area contributed by atoms with E-state index in [-0.39, 0.29) is 29.2 Å². The monoisotopic (exact) mass is 578 g/mol. The number of thioether (sulfide) groups is 1. The van der Waals surface area contributed by atoms with E-state index in [0.29, 0.717) is 42.0 Å². The number of carbonyl (C=O) groups excluding carboxylic acids is 2. The molecule has 6 nitrogen and oxygen atoms in total. The fraction of sp³-hybridized carbons (Fsp3) is 0.0800. The molecule has 4 rings (SSSR count). The molecule has 11 heteroatoms. The molecule has 1 aliphatic rings. The van der Waals surface area contributed by atoms with E-state index in [0.717, 1.165) is 11.8 Å². The Bertz CT molecular complexity index is 1380. The summed E-state index contributed by atoms with van der Waals surface area (Å²) in [5.41, 5.74) is 1.76. The highest BCUT2D eigenvalue weighted by Gasteiger charge is 2.33. The number of nitrogens with one attached hydrogen (secondary N) is 1. The average molecular weight is 580 g/mol. The van der Waals surface area contributed by atoms with Gasteiger partial charge in [0.1, 0.15) is 0 Å². The topological polar surface area (TPSA) is 67.9 Å². The van der Waals surface area contributed by atoms with Gasteiger partial charge in [-0.05, 0) is 54.1 Å². The van der Waals surface area contributed by atoms with Crippen LogP contribution in [-0.4, -0.2) is 29.9 Å². The molecule has 0 spiro atoms. The molecule has 3 aromatic rings. The Kier molecular flexibility index (Phi) is 8.43. The predicted octanol–water partition coefficient (Wildman–Crippen LogP) is 7.08. The Hall–Kier alpha value is -2.75. The second-order valence-electron chi connectivity index (χ2n) is 7.35. The summed E-state index contributed by atoms with van der Waals surface area (Å²) in [5, 5.41) is 3.64. The smallest absolute Gasteiger partial charge is 0.270 e. The molecule has 0 aliphatic carbocycles.